The average Bonchev–Trinajstić information content (AvgIpc) is 3.19. The van der Waals surface area contributed by atoms with Gasteiger partial charge in [-0.25, -0.2) is 0 Å². The van der Waals surface area contributed by atoms with Crippen molar-refractivity contribution in [3.05, 3.63) is 65.2 Å². The lowest BCUT2D eigenvalue weighted by Crippen LogP contribution is -2.33. The Morgan fingerprint density at radius 3 is 2.52 bits per heavy atom. The van der Waals surface area contributed by atoms with E-state index in [1.54, 1.807) is 4.68 Å². The summed E-state index contributed by atoms with van der Waals surface area (Å²) in [6.45, 7) is 8.38. The maximum atomic E-state index is 12.7. The number of aryl methyl sites for hydroxylation is 2. The number of rotatable bonds is 8. The van der Waals surface area contributed by atoms with Crippen molar-refractivity contribution in [1.29, 1.82) is 0 Å². The normalized spacial score (nSPS) is 12.2. The predicted octanol–water partition coefficient (Wildman–Crippen LogP) is 4.14. The van der Waals surface area contributed by atoms with E-state index in [1.165, 1.54) is 17.3 Å². The third kappa shape index (κ3) is 5.23. The van der Waals surface area contributed by atoms with Crippen LogP contribution in [0.4, 0.5) is 0 Å². The van der Waals surface area contributed by atoms with Gasteiger partial charge in [-0.1, -0.05) is 75.0 Å². The summed E-state index contributed by atoms with van der Waals surface area (Å²) in [5.41, 5.74) is 4.40. The van der Waals surface area contributed by atoms with E-state index < -0.39 is 0 Å². The van der Waals surface area contributed by atoms with E-state index in [9.17, 15) is 4.79 Å². The van der Waals surface area contributed by atoms with Crippen molar-refractivity contribution in [2.75, 3.05) is 5.75 Å². The first-order valence-corrected chi connectivity index (χ1v) is 10.8. The topological polar surface area (TPSA) is 72.7 Å². The van der Waals surface area contributed by atoms with E-state index >= 15 is 0 Å². The number of benzene rings is 2. The minimum absolute atomic E-state index is 0.0265. The van der Waals surface area contributed by atoms with Gasteiger partial charge in [-0.3, -0.25) is 4.79 Å². The molecule has 2 aromatic carbocycles. The van der Waals surface area contributed by atoms with Crippen molar-refractivity contribution in [3.63, 3.8) is 0 Å². The summed E-state index contributed by atoms with van der Waals surface area (Å²) >= 11 is 1.34. The van der Waals surface area contributed by atoms with Crippen LogP contribution in [0.25, 0.3) is 5.69 Å². The van der Waals surface area contributed by atoms with Crippen LogP contribution in [0.15, 0.2) is 53.7 Å². The summed E-state index contributed by atoms with van der Waals surface area (Å²) in [6.07, 6.45) is 1.01. The Balaban J connectivity index is 1.66. The van der Waals surface area contributed by atoms with Crippen LogP contribution in [0.2, 0.25) is 0 Å². The van der Waals surface area contributed by atoms with E-state index in [1.807, 2.05) is 31.2 Å². The first kappa shape index (κ1) is 21.0. The number of nitrogens with one attached hydrogen (secondary N) is 1. The average molecular weight is 410 g/mol. The highest BCUT2D eigenvalue weighted by Crippen LogP contribution is 2.24. The molecule has 7 heteroatoms. The van der Waals surface area contributed by atoms with Crippen molar-refractivity contribution < 1.29 is 4.79 Å². The summed E-state index contributed by atoms with van der Waals surface area (Å²) in [5.74, 6) is 0.504. The van der Waals surface area contributed by atoms with Gasteiger partial charge in [-0.2, -0.15) is 4.68 Å². The molecule has 0 bridgehead atoms. The van der Waals surface area contributed by atoms with Crippen LogP contribution in [-0.2, 0) is 11.2 Å². The van der Waals surface area contributed by atoms with Crippen molar-refractivity contribution in [2.24, 2.45) is 5.92 Å². The van der Waals surface area contributed by atoms with Gasteiger partial charge in [0.1, 0.15) is 0 Å². The van der Waals surface area contributed by atoms with Crippen LogP contribution >= 0.6 is 11.8 Å². The molecule has 6 nitrogen and oxygen atoms in total. The molecule has 0 aliphatic carbocycles. The molecule has 152 valence electrons. The zero-order valence-electron chi connectivity index (χ0n) is 17.3. The van der Waals surface area contributed by atoms with Crippen molar-refractivity contribution >= 4 is 17.7 Å². The fraction of sp³-hybridized carbons (Fsp3) is 0.364. The Hall–Kier alpha value is -2.67. The second kappa shape index (κ2) is 9.69. The van der Waals surface area contributed by atoms with Crippen molar-refractivity contribution in [2.45, 2.75) is 45.3 Å². The lowest BCUT2D eigenvalue weighted by atomic mass is 9.95. The first-order chi connectivity index (χ1) is 14.0. The number of thioether (sulfide) groups is 1. The fourth-order valence-electron chi connectivity index (χ4n) is 3.16. The van der Waals surface area contributed by atoms with Crippen LogP contribution in [0.3, 0.4) is 0 Å². The molecule has 0 spiro atoms. The monoisotopic (exact) mass is 409 g/mol. The van der Waals surface area contributed by atoms with Gasteiger partial charge >= 0.3 is 0 Å². The number of nitrogens with zero attached hydrogens (tertiary/aromatic N) is 4. The molecular formula is C22H27N5OS. The highest BCUT2D eigenvalue weighted by molar-refractivity contribution is 7.99. The summed E-state index contributed by atoms with van der Waals surface area (Å²) < 4.78 is 1.68. The lowest BCUT2D eigenvalue weighted by Gasteiger charge is -2.23. The molecule has 29 heavy (non-hydrogen) atoms. The molecule has 0 saturated carbocycles. The Morgan fingerprint density at radius 1 is 1.14 bits per heavy atom. The molecule has 3 rings (SSSR count). The minimum Gasteiger partial charge on any atom is -0.348 e. The predicted molar refractivity (Wildman–Crippen MR) is 116 cm³/mol. The molecule has 0 saturated heterocycles. The number of tetrazole rings is 1. The number of hydrogen-bond donors (Lipinski definition) is 1. The second-order valence-corrected chi connectivity index (χ2v) is 8.28. The third-order valence-electron chi connectivity index (χ3n) is 4.85. The van der Waals surface area contributed by atoms with Crippen LogP contribution in [0.1, 0.15) is 43.5 Å². The second-order valence-electron chi connectivity index (χ2n) is 7.33. The fourth-order valence-corrected chi connectivity index (χ4v) is 3.86. The Kier molecular flexibility index (Phi) is 7.04. The molecular weight excluding hydrogens is 382 g/mol. The largest absolute Gasteiger partial charge is 0.348 e. The summed E-state index contributed by atoms with van der Waals surface area (Å²) in [7, 11) is 0. The molecule has 0 fully saturated rings. The van der Waals surface area contributed by atoms with Gasteiger partial charge in [0.25, 0.3) is 0 Å². The number of amides is 1. The van der Waals surface area contributed by atoms with E-state index in [2.05, 4.69) is 65.9 Å². The first-order valence-electron chi connectivity index (χ1n) is 9.85. The molecule has 0 unspecified atom stereocenters. The zero-order chi connectivity index (χ0) is 20.8. The van der Waals surface area contributed by atoms with Gasteiger partial charge in [0.2, 0.25) is 11.1 Å². The van der Waals surface area contributed by atoms with Gasteiger partial charge in [-0.15, -0.1) is 5.10 Å². The maximum Gasteiger partial charge on any atom is 0.230 e. The van der Waals surface area contributed by atoms with Crippen LogP contribution in [0.5, 0.6) is 0 Å². The molecule has 1 aromatic heterocycles. The van der Waals surface area contributed by atoms with Gasteiger partial charge in [-0.05, 0) is 52.4 Å². The molecule has 0 radical (unpaired) electrons. The lowest BCUT2D eigenvalue weighted by molar-refractivity contribution is -0.119. The molecule has 3 aromatic rings. The SMILES string of the molecule is CCc1ccc([C@H](NC(=O)CSc2nnnn2-c2ccccc2C)C(C)C)cc1. The van der Waals surface area contributed by atoms with Crippen LogP contribution in [0, 0.1) is 12.8 Å². The Bertz CT molecular complexity index is 952. The number of carbonyl (C=O) groups excluding carboxylic acids is 1. The highest BCUT2D eigenvalue weighted by atomic mass is 32.2. The van der Waals surface area contributed by atoms with E-state index in [4.69, 9.17) is 0 Å². The molecule has 1 atom stereocenters. The molecule has 1 N–H and O–H groups in total. The van der Waals surface area contributed by atoms with Gasteiger partial charge in [0.05, 0.1) is 17.5 Å². The number of aromatic nitrogens is 4. The molecule has 0 aliphatic rings. The van der Waals surface area contributed by atoms with Gasteiger partial charge in [0.15, 0.2) is 0 Å². The summed E-state index contributed by atoms with van der Waals surface area (Å²) in [5, 5.41) is 15.7. The smallest absolute Gasteiger partial charge is 0.230 e. The van der Waals surface area contributed by atoms with Crippen LogP contribution < -0.4 is 5.32 Å². The van der Waals surface area contributed by atoms with E-state index in [-0.39, 0.29) is 23.6 Å². The van der Waals surface area contributed by atoms with Crippen LogP contribution in [-0.4, -0.2) is 31.9 Å². The standard InChI is InChI=1S/C22H27N5OS/c1-5-17-10-12-18(13-11-17)21(15(2)3)23-20(28)14-29-22-24-25-26-27(22)19-9-7-6-8-16(19)4/h6-13,15,21H,5,14H2,1-4H3,(H,23,28)/t21-/m1/s1. The zero-order valence-corrected chi connectivity index (χ0v) is 18.1. The Morgan fingerprint density at radius 2 is 1.86 bits per heavy atom. The number of carbonyl (C=O) groups is 1. The third-order valence-corrected chi connectivity index (χ3v) is 5.77. The summed E-state index contributed by atoms with van der Waals surface area (Å²) in [4.78, 5) is 12.7. The van der Waals surface area contributed by atoms with E-state index in [0.29, 0.717) is 5.16 Å². The molecule has 1 heterocycles. The van der Waals surface area contributed by atoms with Crippen molar-refractivity contribution in [3.8, 4) is 5.69 Å². The quantitative estimate of drug-likeness (QED) is 0.566. The molecule has 0 aliphatic heterocycles. The van der Waals surface area contributed by atoms with Gasteiger partial charge < -0.3 is 5.32 Å². The minimum atomic E-state index is -0.0346. The number of para-hydroxylation sites is 1. The maximum absolute atomic E-state index is 12.7. The summed E-state index contributed by atoms with van der Waals surface area (Å²) in [6, 6.07) is 16.3. The van der Waals surface area contributed by atoms with Crippen molar-refractivity contribution in [1.82, 2.24) is 25.5 Å². The van der Waals surface area contributed by atoms with Gasteiger partial charge in [0, 0.05) is 0 Å². The Labute approximate surface area is 176 Å². The highest BCUT2D eigenvalue weighted by Gasteiger charge is 2.19. The molecule has 1 amide bonds. The number of hydrogen-bond acceptors (Lipinski definition) is 5. The van der Waals surface area contributed by atoms with E-state index in [0.717, 1.165) is 23.2 Å².